The fourth-order valence-electron chi connectivity index (χ4n) is 7.02. The molecule has 52 heavy (non-hydrogen) atoms. The summed E-state index contributed by atoms with van der Waals surface area (Å²) in [5.41, 5.74) is 12.0. The van der Waals surface area contributed by atoms with Gasteiger partial charge in [-0.1, -0.05) is 0 Å². The zero-order valence-corrected chi connectivity index (χ0v) is 36.3. The van der Waals surface area contributed by atoms with E-state index in [9.17, 15) is 0 Å². The molecule has 2 heteroatoms. The number of hydrogen-bond acceptors (Lipinski definition) is 0. The Bertz CT molecular complexity index is 1880. The second kappa shape index (κ2) is 19.0. The Morgan fingerprint density at radius 1 is 0.346 bits per heavy atom. The van der Waals surface area contributed by atoms with E-state index in [1.54, 1.807) is 0 Å². The van der Waals surface area contributed by atoms with Gasteiger partial charge in [-0.15, -0.1) is 0 Å². The Balaban J connectivity index is 1.30. The normalized spacial score (nSPS) is 12.0. The topological polar surface area (TPSA) is 0 Å². The van der Waals surface area contributed by atoms with E-state index in [1.807, 2.05) is 0 Å². The first-order valence-electron chi connectivity index (χ1n) is 19.3. The van der Waals surface area contributed by atoms with E-state index in [0.717, 1.165) is 22.3 Å². The van der Waals surface area contributed by atoms with E-state index in [-0.39, 0.29) is 0 Å². The van der Waals surface area contributed by atoms with Crippen LogP contribution < -0.4 is 0 Å². The molecule has 0 N–H and O–H groups in total. The van der Waals surface area contributed by atoms with Crippen molar-refractivity contribution in [1.29, 1.82) is 0 Å². The molecule has 0 aromatic heterocycles. The molecule has 0 spiro atoms. The standard InChI is InChI=1S/C50H54Ge2/c1-7-51(8-2,9-3)39-49(45-19-15-13-16-20-45)47-35-31-43(32-36-47)29-27-41-23-25-42(26-24-41)28-30-44-33-37-48(38-34-44)50(46-21-17-14-18-22-46)40-52(10-4,11-5)12-6/h13-26,31-40H,7-12H2,1-6H3/b49-39-,50-40-. The monoisotopic (exact) mass is 802 g/mol. The molecule has 0 aliphatic carbocycles. The fraction of sp³-hybridized carbons (Fsp3) is 0.240. The van der Waals surface area contributed by atoms with Gasteiger partial charge in [0.25, 0.3) is 0 Å². The van der Waals surface area contributed by atoms with Crippen LogP contribution in [0.2, 0.25) is 31.5 Å². The summed E-state index contributed by atoms with van der Waals surface area (Å²) in [6.07, 6.45) is 0. The van der Waals surface area contributed by atoms with Crippen LogP contribution in [0.1, 0.15) is 86.1 Å². The second-order valence-electron chi connectivity index (χ2n) is 13.9. The minimum atomic E-state index is -2.07. The Morgan fingerprint density at radius 2 is 0.577 bits per heavy atom. The molecule has 0 nitrogen and oxygen atoms in total. The average Bonchev–Trinajstić information content (AvgIpc) is 3.22. The summed E-state index contributed by atoms with van der Waals surface area (Å²) in [6.45, 7) is 14.3. The zero-order chi connectivity index (χ0) is 36.8. The fourth-order valence-corrected chi connectivity index (χ4v) is 19.9. The van der Waals surface area contributed by atoms with Gasteiger partial charge in [0.05, 0.1) is 0 Å². The molecule has 5 rings (SSSR count). The van der Waals surface area contributed by atoms with Crippen molar-refractivity contribution in [3.05, 3.63) is 188 Å². The molecule has 5 aromatic rings. The van der Waals surface area contributed by atoms with Gasteiger partial charge < -0.3 is 0 Å². The molecule has 5 aromatic carbocycles. The van der Waals surface area contributed by atoms with Gasteiger partial charge in [0.2, 0.25) is 0 Å². The Morgan fingerprint density at radius 3 is 0.827 bits per heavy atom. The quantitative estimate of drug-likeness (QED) is 0.0871. The Hall–Kier alpha value is -4.21. The first-order valence-corrected chi connectivity index (χ1v) is 30.6. The number of hydrogen-bond donors (Lipinski definition) is 0. The third-order valence-corrected chi connectivity index (χ3v) is 32.8. The van der Waals surface area contributed by atoms with Crippen LogP contribution in [-0.2, 0) is 0 Å². The van der Waals surface area contributed by atoms with Gasteiger partial charge in [0.1, 0.15) is 0 Å². The molecule has 0 fully saturated rings. The van der Waals surface area contributed by atoms with Crippen LogP contribution in [0.3, 0.4) is 0 Å². The van der Waals surface area contributed by atoms with E-state index in [1.165, 1.54) is 64.9 Å². The van der Waals surface area contributed by atoms with Crippen molar-refractivity contribution >= 4 is 37.7 Å². The summed E-state index contributed by atoms with van der Waals surface area (Å²) < 4.78 is 0. The number of rotatable bonds is 12. The third kappa shape index (κ3) is 10.0. The molecule has 0 saturated carbocycles. The van der Waals surface area contributed by atoms with Gasteiger partial charge in [-0.05, 0) is 0 Å². The third-order valence-electron chi connectivity index (χ3n) is 11.3. The molecule has 0 atom stereocenters. The Kier molecular flexibility index (Phi) is 14.3. The van der Waals surface area contributed by atoms with E-state index >= 15 is 0 Å². The van der Waals surface area contributed by atoms with Gasteiger partial charge in [0, 0.05) is 0 Å². The molecular formula is C50H54Ge2. The number of benzene rings is 5. The van der Waals surface area contributed by atoms with E-state index in [2.05, 4.69) is 209 Å². The molecular weight excluding hydrogens is 746 g/mol. The van der Waals surface area contributed by atoms with Gasteiger partial charge >= 0.3 is 322 Å². The van der Waals surface area contributed by atoms with Crippen molar-refractivity contribution in [2.24, 2.45) is 0 Å². The molecule has 0 aliphatic heterocycles. The van der Waals surface area contributed by atoms with Crippen LogP contribution >= 0.6 is 0 Å². The van der Waals surface area contributed by atoms with Crippen molar-refractivity contribution in [2.75, 3.05) is 0 Å². The maximum atomic E-state index is 3.38. The molecule has 0 heterocycles. The van der Waals surface area contributed by atoms with Crippen molar-refractivity contribution in [2.45, 2.75) is 73.1 Å². The van der Waals surface area contributed by atoms with Crippen LogP contribution in [0.5, 0.6) is 0 Å². The van der Waals surface area contributed by atoms with E-state index < -0.39 is 26.5 Å². The van der Waals surface area contributed by atoms with E-state index in [4.69, 9.17) is 0 Å². The Labute approximate surface area is 320 Å². The molecule has 0 radical (unpaired) electrons. The summed E-state index contributed by atoms with van der Waals surface area (Å²) in [6, 6.07) is 47.7. The van der Waals surface area contributed by atoms with Crippen LogP contribution in [0.25, 0.3) is 11.1 Å². The zero-order valence-electron chi connectivity index (χ0n) is 32.1. The summed E-state index contributed by atoms with van der Waals surface area (Å²) in [5.74, 6) is 13.5. The molecule has 0 aliphatic rings. The van der Waals surface area contributed by atoms with Crippen LogP contribution in [0.15, 0.2) is 143 Å². The predicted octanol–water partition coefficient (Wildman–Crippen LogP) is 13.4. The van der Waals surface area contributed by atoms with Gasteiger partial charge in [-0.25, -0.2) is 0 Å². The van der Waals surface area contributed by atoms with Crippen LogP contribution in [-0.4, -0.2) is 26.5 Å². The molecule has 262 valence electrons. The maximum absolute atomic E-state index is 3.38. The minimum absolute atomic E-state index is 0.989. The molecule has 0 amide bonds. The molecule has 0 saturated heterocycles. The molecule has 0 bridgehead atoms. The van der Waals surface area contributed by atoms with Crippen LogP contribution in [0.4, 0.5) is 0 Å². The molecule has 0 unspecified atom stereocenters. The van der Waals surface area contributed by atoms with Gasteiger partial charge in [-0.2, -0.15) is 0 Å². The van der Waals surface area contributed by atoms with Crippen molar-refractivity contribution in [3.63, 3.8) is 0 Å². The van der Waals surface area contributed by atoms with Gasteiger partial charge in [-0.3, -0.25) is 0 Å². The summed E-state index contributed by atoms with van der Waals surface area (Å²) in [7, 11) is 0. The summed E-state index contributed by atoms with van der Waals surface area (Å²) >= 11 is -4.13. The van der Waals surface area contributed by atoms with Crippen molar-refractivity contribution in [1.82, 2.24) is 0 Å². The SMILES string of the molecule is C[CH2][Ge](/[CH]=C(/c1ccccc1)c1ccc(C#Cc2ccc(C#Cc3ccc(/C(=[CH]\[Ge]([CH2]C)([CH2]C)[CH2]C)c4ccccc4)cc3)cc2)cc1)([CH2]C)[CH2]C. The van der Waals surface area contributed by atoms with Gasteiger partial charge in [0.15, 0.2) is 0 Å². The summed E-state index contributed by atoms with van der Waals surface area (Å²) in [4.78, 5) is 5.40. The van der Waals surface area contributed by atoms with Crippen molar-refractivity contribution < 1.29 is 0 Å². The first kappa shape index (κ1) is 39.0. The predicted molar refractivity (Wildman–Crippen MR) is 233 cm³/mol. The van der Waals surface area contributed by atoms with Crippen molar-refractivity contribution in [3.8, 4) is 23.7 Å². The average molecular weight is 800 g/mol. The summed E-state index contributed by atoms with van der Waals surface area (Å²) in [5, 5.41) is 7.90. The second-order valence-corrected chi connectivity index (χ2v) is 35.5. The van der Waals surface area contributed by atoms with E-state index in [0.29, 0.717) is 0 Å². The first-order chi connectivity index (χ1) is 25.4. The van der Waals surface area contributed by atoms with Crippen LogP contribution in [0, 0.1) is 23.7 Å².